The summed E-state index contributed by atoms with van der Waals surface area (Å²) in [6.45, 7) is 6.61. The Kier molecular flexibility index (Phi) is 4.02. The summed E-state index contributed by atoms with van der Waals surface area (Å²) in [7, 11) is 2.20. The number of aryl methyl sites for hydroxylation is 4. The lowest BCUT2D eigenvalue weighted by Gasteiger charge is -2.10. The molecule has 0 N–H and O–H groups in total. The van der Waals surface area contributed by atoms with Gasteiger partial charge in [0.15, 0.2) is 11.0 Å². The maximum absolute atomic E-state index is 2.45. The Balaban J connectivity index is 2.04. The van der Waals surface area contributed by atoms with Gasteiger partial charge in [-0.1, -0.05) is 54.6 Å². The van der Waals surface area contributed by atoms with Gasteiger partial charge in [0.1, 0.15) is 5.69 Å². The van der Waals surface area contributed by atoms with Crippen molar-refractivity contribution in [2.45, 2.75) is 20.8 Å². The Morgan fingerprint density at radius 1 is 0.655 bits per heavy atom. The van der Waals surface area contributed by atoms with Crippen molar-refractivity contribution in [3.05, 3.63) is 95.6 Å². The van der Waals surface area contributed by atoms with E-state index in [1.165, 1.54) is 55.6 Å². The molecule has 0 bridgehead atoms. The number of hydrogen-bond acceptors (Lipinski definition) is 0. The van der Waals surface area contributed by atoms with E-state index < -0.39 is 0 Å². The average molecular weight is 378 g/mol. The van der Waals surface area contributed by atoms with E-state index in [9.17, 15) is 0 Å². The van der Waals surface area contributed by atoms with Gasteiger partial charge in [-0.15, -0.1) is 0 Å². The van der Waals surface area contributed by atoms with Crippen molar-refractivity contribution in [2.24, 2.45) is 7.05 Å². The van der Waals surface area contributed by atoms with E-state index in [0.717, 1.165) is 0 Å². The quantitative estimate of drug-likeness (QED) is 0.324. The highest BCUT2D eigenvalue weighted by molar-refractivity contribution is 6.03. The molecule has 1 aromatic heterocycles. The third-order valence-corrected chi connectivity index (χ3v) is 6.03. The molecule has 0 saturated heterocycles. The molecular weight excluding hydrogens is 352 g/mol. The number of hydrogen-bond donors (Lipinski definition) is 0. The lowest BCUT2D eigenvalue weighted by molar-refractivity contribution is -0.633. The van der Waals surface area contributed by atoms with E-state index in [0.29, 0.717) is 0 Å². The van der Waals surface area contributed by atoms with E-state index in [-0.39, 0.29) is 0 Å². The number of rotatable bonds is 2. The van der Waals surface area contributed by atoms with Gasteiger partial charge >= 0.3 is 0 Å². The van der Waals surface area contributed by atoms with Crippen LogP contribution in [-0.4, -0.2) is 4.57 Å². The molecule has 0 aliphatic carbocycles. The topological polar surface area (TPSA) is 8.81 Å². The highest BCUT2D eigenvalue weighted by Gasteiger charge is 2.29. The van der Waals surface area contributed by atoms with Crippen LogP contribution in [0.5, 0.6) is 0 Å². The maximum Gasteiger partial charge on any atom is 0.295 e. The van der Waals surface area contributed by atoms with Crippen molar-refractivity contribution in [3.63, 3.8) is 0 Å². The molecule has 29 heavy (non-hydrogen) atoms. The Bertz CT molecular complexity index is 1370. The number of aromatic nitrogens is 2. The molecule has 0 spiro atoms. The van der Waals surface area contributed by atoms with Gasteiger partial charge in [0.25, 0.3) is 5.82 Å². The zero-order chi connectivity index (χ0) is 20.1. The molecule has 2 nitrogen and oxygen atoms in total. The van der Waals surface area contributed by atoms with Crippen LogP contribution in [0.2, 0.25) is 0 Å². The zero-order valence-electron chi connectivity index (χ0n) is 17.4. The van der Waals surface area contributed by atoms with E-state index in [1.54, 1.807) is 0 Å². The number of para-hydroxylation sites is 1. The molecular formula is C27H25N2+. The van der Waals surface area contributed by atoms with Crippen LogP contribution in [0.1, 0.15) is 16.7 Å². The van der Waals surface area contributed by atoms with Crippen molar-refractivity contribution in [2.75, 3.05) is 0 Å². The molecule has 0 aliphatic heterocycles. The van der Waals surface area contributed by atoms with E-state index in [2.05, 4.69) is 116 Å². The minimum absolute atomic E-state index is 1.21. The number of imidazole rings is 1. The fraction of sp³-hybridized carbons (Fsp3) is 0.148. The lowest BCUT2D eigenvalue weighted by Crippen LogP contribution is -2.30. The SMILES string of the molecule is Cc1ccccc1-c1n(-c2c(C)cccc2C)c2ccc3ccccc3c2[n+]1C. The molecule has 0 fully saturated rings. The van der Waals surface area contributed by atoms with Crippen LogP contribution in [0.25, 0.3) is 38.9 Å². The van der Waals surface area contributed by atoms with E-state index in [1.807, 2.05) is 0 Å². The van der Waals surface area contributed by atoms with Gasteiger partial charge in [-0.05, 0) is 67.1 Å². The molecule has 142 valence electrons. The second-order valence-electron chi connectivity index (χ2n) is 7.93. The summed E-state index contributed by atoms with van der Waals surface area (Å²) in [6.07, 6.45) is 0. The van der Waals surface area contributed by atoms with Gasteiger partial charge in [-0.3, -0.25) is 0 Å². The first-order valence-corrected chi connectivity index (χ1v) is 10.1. The monoisotopic (exact) mass is 377 g/mol. The van der Waals surface area contributed by atoms with Gasteiger partial charge in [0.05, 0.1) is 12.6 Å². The lowest BCUT2D eigenvalue weighted by atomic mass is 10.1. The smallest absolute Gasteiger partial charge is 0.225 e. The van der Waals surface area contributed by atoms with Crippen molar-refractivity contribution >= 4 is 21.8 Å². The first-order chi connectivity index (χ1) is 14.1. The van der Waals surface area contributed by atoms with E-state index >= 15 is 0 Å². The highest BCUT2D eigenvalue weighted by Crippen LogP contribution is 2.34. The zero-order valence-corrected chi connectivity index (χ0v) is 17.4. The minimum atomic E-state index is 1.21. The maximum atomic E-state index is 2.45. The van der Waals surface area contributed by atoms with Gasteiger partial charge in [-0.25, -0.2) is 4.57 Å². The Morgan fingerprint density at radius 3 is 2.07 bits per heavy atom. The van der Waals surface area contributed by atoms with Crippen LogP contribution in [0.15, 0.2) is 78.9 Å². The van der Waals surface area contributed by atoms with Crippen LogP contribution >= 0.6 is 0 Å². The predicted octanol–water partition coefficient (Wildman–Crippen LogP) is 6.20. The summed E-state index contributed by atoms with van der Waals surface area (Å²) in [5, 5.41) is 2.55. The van der Waals surface area contributed by atoms with Crippen molar-refractivity contribution in [3.8, 4) is 17.1 Å². The molecule has 5 rings (SSSR count). The first-order valence-electron chi connectivity index (χ1n) is 10.1. The number of fused-ring (bicyclic) bond motifs is 3. The third-order valence-electron chi connectivity index (χ3n) is 6.03. The minimum Gasteiger partial charge on any atom is -0.225 e. The Hall–Kier alpha value is -3.39. The van der Waals surface area contributed by atoms with Crippen LogP contribution < -0.4 is 4.57 Å². The summed E-state index contributed by atoms with van der Waals surface area (Å²) in [5.41, 5.74) is 8.88. The molecule has 5 aromatic rings. The molecule has 0 aliphatic rings. The van der Waals surface area contributed by atoms with E-state index in [4.69, 9.17) is 0 Å². The molecule has 0 atom stereocenters. The number of nitrogens with zero attached hydrogens (tertiary/aromatic N) is 2. The van der Waals surface area contributed by atoms with Crippen LogP contribution in [0.3, 0.4) is 0 Å². The molecule has 0 amide bonds. The third kappa shape index (κ3) is 2.60. The van der Waals surface area contributed by atoms with Gasteiger partial charge in [0, 0.05) is 5.39 Å². The Labute approximate surface area is 171 Å². The number of benzene rings is 4. The van der Waals surface area contributed by atoms with Crippen LogP contribution in [0.4, 0.5) is 0 Å². The van der Waals surface area contributed by atoms with Gasteiger partial charge in [0.2, 0.25) is 0 Å². The predicted molar refractivity (Wildman–Crippen MR) is 122 cm³/mol. The van der Waals surface area contributed by atoms with Crippen molar-refractivity contribution in [1.29, 1.82) is 0 Å². The fourth-order valence-corrected chi connectivity index (χ4v) is 4.66. The summed E-state index contributed by atoms with van der Waals surface area (Å²) in [5.74, 6) is 1.21. The standard InChI is InChI=1S/C27H25N2/c1-18-10-5-7-14-22(18)27-28(4)26-23-15-8-6-13-21(23)16-17-24(26)29(27)25-19(2)11-9-12-20(25)3/h5-17H,1-4H3/q+1. The first kappa shape index (κ1) is 17.7. The molecule has 0 saturated carbocycles. The molecule has 2 heteroatoms. The van der Waals surface area contributed by atoms with Gasteiger partial charge in [-0.2, -0.15) is 4.57 Å². The highest BCUT2D eigenvalue weighted by atomic mass is 15.2. The molecule has 0 radical (unpaired) electrons. The summed E-state index contributed by atoms with van der Waals surface area (Å²) in [4.78, 5) is 0. The Morgan fingerprint density at radius 2 is 1.31 bits per heavy atom. The molecule has 1 heterocycles. The fourth-order valence-electron chi connectivity index (χ4n) is 4.66. The average Bonchev–Trinajstić information content (AvgIpc) is 3.01. The largest absolute Gasteiger partial charge is 0.295 e. The summed E-state index contributed by atoms with van der Waals surface area (Å²) >= 11 is 0. The van der Waals surface area contributed by atoms with Crippen molar-refractivity contribution < 1.29 is 4.57 Å². The second kappa shape index (κ2) is 6.59. The summed E-state index contributed by atoms with van der Waals surface area (Å²) in [6, 6.07) is 28.4. The van der Waals surface area contributed by atoms with Crippen molar-refractivity contribution in [1.82, 2.24) is 4.57 Å². The van der Waals surface area contributed by atoms with Crippen LogP contribution in [-0.2, 0) is 7.05 Å². The second-order valence-corrected chi connectivity index (χ2v) is 7.93. The van der Waals surface area contributed by atoms with Crippen LogP contribution in [0, 0.1) is 20.8 Å². The molecule has 0 unspecified atom stereocenters. The molecule has 4 aromatic carbocycles. The summed E-state index contributed by atoms with van der Waals surface area (Å²) < 4.78 is 4.82. The van der Waals surface area contributed by atoms with Gasteiger partial charge < -0.3 is 0 Å². The normalized spacial score (nSPS) is 11.4.